The number of benzene rings is 1. The average Bonchev–Trinajstić information content (AvgIpc) is 2.83. The fourth-order valence-corrected chi connectivity index (χ4v) is 3.37. The highest BCUT2D eigenvalue weighted by Crippen LogP contribution is 2.27. The zero-order valence-electron chi connectivity index (χ0n) is 22.5. The van der Waals surface area contributed by atoms with Gasteiger partial charge in [-0.25, -0.2) is 9.59 Å². The summed E-state index contributed by atoms with van der Waals surface area (Å²) in [5.74, 6) is -2.90. The molecule has 0 unspecified atom stereocenters. The minimum Gasteiger partial charge on any atom is -0.480 e. The summed E-state index contributed by atoms with van der Waals surface area (Å²) in [5.41, 5.74) is 5.77. The summed E-state index contributed by atoms with van der Waals surface area (Å²) in [6.45, 7) is 6.57. The minimum atomic E-state index is -1.22. The lowest BCUT2D eigenvalue weighted by molar-refractivity contribution is -0.148. The molecular formula is C25H39N5O8. The Bertz CT molecular complexity index is 983. The highest BCUT2D eigenvalue weighted by molar-refractivity contribution is 5.99. The number of hydrogen-bond donors (Lipinski definition) is 6. The Morgan fingerprint density at radius 2 is 1.74 bits per heavy atom. The summed E-state index contributed by atoms with van der Waals surface area (Å²) >= 11 is 0. The van der Waals surface area contributed by atoms with Crippen LogP contribution in [0.1, 0.15) is 46.1 Å². The summed E-state index contributed by atoms with van der Waals surface area (Å²) in [6.07, 6.45) is 0.524. The first kappa shape index (κ1) is 32.2. The van der Waals surface area contributed by atoms with Crippen molar-refractivity contribution < 1.29 is 38.6 Å². The molecule has 13 heteroatoms. The van der Waals surface area contributed by atoms with Gasteiger partial charge in [-0.1, -0.05) is 33.8 Å². The van der Waals surface area contributed by atoms with Crippen molar-refractivity contribution in [2.24, 2.45) is 17.6 Å². The fourth-order valence-electron chi connectivity index (χ4n) is 3.37. The third-order valence-electron chi connectivity index (χ3n) is 5.37. The molecule has 0 heterocycles. The molecule has 13 nitrogen and oxygen atoms in total. The van der Waals surface area contributed by atoms with Crippen LogP contribution in [-0.2, 0) is 30.5 Å². The number of aliphatic carboxylic acids is 1. The average molecular weight is 538 g/mol. The number of esters is 1. The van der Waals surface area contributed by atoms with Crippen LogP contribution < -0.4 is 31.7 Å². The van der Waals surface area contributed by atoms with E-state index in [1.165, 1.54) is 12.1 Å². The molecule has 0 aliphatic heterocycles. The lowest BCUT2D eigenvalue weighted by Crippen LogP contribution is -2.52. The number of amides is 4. The number of rotatable bonds is 16. The van der Waals surface area contributed by atoms with E-state index in [-0.39, 0.29) is 48.8 Å². The van der Waals surface area contributed by atoms with Crippen molar-refractivity contribution in [3.8, 4) is 5.75 Å². The van der Waals surface area contributed by atoms with Crippen LogP contribution in [0.4, 0.5) is 10.5 Å². The monoisotopic (exact) mass is 537 g/mol. The van der Waals surface area contributed by atoms with Gasteiger partial charge >= 0.3 is 18.0 Å². The second-order valence-electron chi connectivity index (χ2n) is 9.27. The van der Waals surface area contributed by atoms with Crippen molar-refractivity contribution in [1.29, 1.82) is 0 Å². The number of anilines is 1. The molecule has 0 saturated carbocycles. The van der Waals surface area contributed by atoms with Gasteiger partial charge in [0.25, 0.3) is 0 Å². The van der Waals surface area contributed by atoms with Crippen LogP contribution in [0, 0.1) is 11.8 Å². The molecule has 38 heavy (non-hydrogen) atoms. The lowest BCUT2D eigenvalue weighted by Gasteiger charge is -2.24. The molecule has 0 aliphatic carbocycles. The Balaban J connectivity index is 3.13. The standard InChI is InChI=1S/C25H39N5O8/c1-14(2)21(27-5)23(34)30-18(7-6-10-28-25(26)36)22(33)29-17-9-8-16(12-38-24(35)15(3)4)11-19(17)37-13-20(31)32/h8-9,11,14-15,18,21,27H,6-7,10,12-13H2,1-5H3,(H,29,33)(H,30,34)(H,31,32)(H3,26,28,36)/t18-,21-/m0/s1. The molecule has 2 atom stereocenters. The second kappa shape index (κ2) is 16.1. The number of carbonyl (C=O) groups is 5. The van der Waals surface area contributed by atoms with Crippen LogP contribution in [0.3, 0.4) is 0 Å². The van der Waals surface area contributed by atoms with E-state index in [0.29, 0.717) is 12.0 Å². The van der Waals surface area contributed by atoms with Crippen LogP contribution in [0.25, 0.3) is 0 Å². The van der Waals surface area contributed by atoms with Crippen LogP contribution in [0.5, 0.6) is 5.75 Å². The first-order valence-corrected chi connectivity index (χ1v) is 12.3. The first-order valence-electron chi connectivity index (χ1n) is 12.3. The number of carboxylic acids is 1. The topological polar surface area (TPSA) is 198 Å². The van der Waals surface area contributed by atoms with Crippen molar-refractivity contribution in [2.45, 2.75) is 59.2 Å². The Morgan fingerprint density at radius 1 is 1.05 bits per heavy atom. The summed E-state index contributed by atoms with van der Waals surface area (Å²) in [6, 6.07) is 2.32. The number of carbonyl (C=O) groups excluding carboxylic acids is 4. The normalized spacial score (nSPS) is 12.4. The second-order valence-corrected chi connectivity index (χ2v) is 9.27. The SMILES string of the molecule is CN[C@H](C(=O)N[C@@H](CCCNC(N)=O)C(=O)Nc1ccc(COC(=O)C(C)C)cc1OCC(=O)O)C(C)C. The Hall–Kier alpha value is -3.87. The smallest absolute Gasteiger partial charge is 0.341 e. The zero-order chi connectivity index (χ0) is 28.8. The van der Waals surface area contributed by atoms with E-state index < -0.39 is 42.6 Å². The third-order valence-corrected chi connectivity index (χ3v) is 5.37. The zero-order valence-corrected chi connectivity index (χ0v) is 22.5. The van der Waals surface area contributed by atoms with Crippen molar-refractivity contribution >= 4 is 35.5 Å². The Morgan fingerprint density at radius 3 is 2.29 bits per heavy atom. The van der Waals surface area contributed by atoms with Crippen LogP contribution in [0.2, 0.25) is 0 Å². The van der Waals surface area contributed by atoms with E-state index in [2.05, 4.69) is 21.3 Å². The summed E-state index contributed by atoms with van der Waals surface area (Å²) in [4.78, 5) is 59.9. The van der Waals surface area contributed by atoms with Gasteiger partial charge < -0.3 is 41.6 Å². The third kappa shape index (κ3) is 11.5. The van der Waals surface area contributed by atoms with Crippen LogP contribution >= 0.6 is 0 Å². The molecule has 1 aromatic carbocycles. The number of hydrogen-bond acceptors (Lipinski definition) is 8. The van der Waals surface area contributed by atoms with Crippen molar-refractivity contribution in [3.05, 3.63) is 23.8 Å². The number of nitrogens with two attached hydrogens (primary N) is 1. The van der Waals surface area contributed by atoms with Crippen LogP contribution in [0.15, 0.2) is 18.2 Å². The molecule has 0 saturated heterocycles. The molecule has 4 amide bonds. The van der Waals surface area contributed by atoms with Gasteiger partial charge in [0.1, 0.15) is 18.4 Å². The number of nitrogens with one attached hydrogen (secondary N) is 4. The minimum absolute atomic E-state index is 0.0476. The quantitative estimate of drug-likeness (QED) is 0.131. The predicted octanol–water partition coefficient (Wildman–Crippen LogP) is 0.965. The highest BCUT2D eigenvalue weighted by atomic mass is 16.5. The summed E-state index contributed by atoms with van der Waals surface area (Å²) in [7, 11) is 1.64. The molecule has 0 fully saturated rings. The van der Waals surface area contributed by atoms with Crippen molar-refractivity contribution in [1.82, 2.24) is 16.0 Å². The maximum Gasteiger partial charge on any atom is 0.341 e. The van der Waals surface area contributed by atoms with Crippen molar-refractivity contribution in [3.63, 3.8) is 0 Å². The van der Waals surface area contributed by atoms with Gasteiger partial charge in [0, 0.05) is 6.54 Å². The summed E-state index contributed by atoms with van der Waals surface area (Å²) < 4.78 is 10.6. The van der Waals surface area contributed by atoms with Crippen LogP contribution in [-0.4, -0.2) is 67.2 Å². The van der Waals surface area contributed by atoms with E-state index in [0.717, 1.165) is 0 Å². The Labute approximate surface area is 222 Å². The Kier molecular flexibility index (Phi) is 13.6. The van der Waals surface area contributed by atoms with E-state index in [1.807, 2.05) is 13.8 Å². The largest absolute Gasteiger partial charge is 0.480 e. The van der Waals surface area contributed by atoms with E-state index in [1.54, 1.807) is 27.0 Å². The number of urea groups is 1. The van der Waals surface area contributed by atoms with Crippen molar-refractivity contribution in [2.75, 3.05) is 25.5 Å². The van der Waals surface area contributed by atoms with Gasteiger partial charge in [-0.3, -0.25) is 14.4 Å². The maximum atomic E-state index is 13.2. The van der Waals surface area contributed by atoms with Gasteiger partial charge in [0.05, 0.1) is 17.6 Å². The molecule has 0 bridgehead atoms. The first-order chi connectivity index (χ1) is 17.8. The molecule has 212 valence electrons. The highest BCUT2D eigenvalue weighted by Gasteiger charge is 2.27. The van der Waals surface area contributed by atoms with Gasteiger partial charge in [-0.05, 0) is 43.5 Å². The fraction of sp³-hybridized carbons (Fsp3) is 0.560. The number of ether oxygens (including phenoxy) is 2. The summed E-state index contributed by atoms with van der Waals surface area (Å²) in [5, 5.41) is 19.8. The molecule has 1 rings (SSSR count). The van der Waals surface area contributed by atoms with E-state index in [4.69, 9.17) is 20.3 Å². The van der Waals surface area contributed by atoms with E-state index >= 15 is 0 Å². The van der Waals surface area contributed by atoms with E-state index in [9.17, 15) is 24.0 Å². The predicted molar refractivity (Wildman–Crippen MR) is 139 cm³/mol. The van der Waals surface area contributed by atoms with Gasteiger partial charge in [0.15, 0.2) is 6.61 Å². The molecule has 0 aliphatic rings. The maximum absolute atomic E-state index is 13.2. The van der Waals surface area contributed by atoms with Gasteiger partial charge in [-0.2, -0.15) is 0 Å². The molecule has 0 aromatic heterocycles. The molecule has 0 spiro atoms. The lowest BCUT2D eigenvalue weighted by atomic mass is 10.0. The molecular weight excluding hydrogens is 498 g/mol. The molecule has 1 aromatic rings. The molecule has 0 radical (unpaired) electrons. The van der Waals surface area contributed by atoms with Gasteiger partial charge in [0.2, 0.25) is 11.8 Å². The van der Waals surface area contributed by atoms with Gasteiger partial charge in [-0.15, -0.1) is 0 Å². The number of carboxylic acid groups (broad SMARTS) is 1. The number of primary amides is 1. The number of likely N-dealkylation sites (N-methyl/N-ethyl adjacent to an activating group) is 1. The molecule has 7 N–H and O–H groups in total.